The fraction of sp³-hybridized carbons (Fsp3) is 0.333. The van der Waals surface area contributed by atoms with E-state index in [0.29, 0.717) is 11.1 Å². The average Bonchev–Trinajstić information content (AvgIpc) is 2.98. The first-order valence-corrected chi connectivity index (χ1v) is 14.3. The number of ether oxygens (including phenoxy) is 2. The summed E-state index contributed by atoms with van der Waals surface area (Å²) in [5.41, 5.74) is 5.26. The molecule has 0 aliphatic carbocycles. The van der Waals surface area contributed by atoms with Gasteiger partial charge in [0.15, 0.2) is 11.7 Å². The third-order valence-corrected chi connectivity index (χ3v) is 8.18. The standard InChI is InChI=1S/C30H34FN3O6S/c1-20(2)33-28(35)21(3)39-29(36)27(32)17-22-8-7-11-26(16-22)41(37,38)34-18-30(19-34,23-12-14-24(31)15-13-23)40-25-9-5-4-6-10-25/h4-16,20-21,27H,17-19,32H2,1-3H3,(H,33,35)/t21?,27-/m0/s1/i4D,5D,6D,9D,10D. The van der Waals surface area contributed by atoms with E-state index in [0.717, 1.165) is 16.4 Å². The molecule has 0 radical (unpaired) electrons. The Morgan fingerprint density at radius 1 is 1.10 bits per heavy atom. The number of hydrogen-bond donors (Lipinski definition) is 2. The number of carbonyl (C=O) groups excluding carboxylic acids is 2. The van der Waals surface area contributed by atoms with Crippen molar-refractivity contribution in [3.05, 3.63) is 95.7 Å². The topological polar surface area (TPSA) is 128 Å². The minimum absolute atomic E-state index is 0.0845. The van der Waals surface area contributed by atoms with Crippen LogP contribution in [-0.4, -0.2) is 55.9 Å². The number of carbonyl (C=O) groups is 2. The molecule has 1 aliphatic rings. The molecule has 0 saturated carbocycles. The molecule has 1 aliphatic heterocycles. The predicted octanol–water partition coefficient (Wildman–Crippen LogP) is 3.13. The summed E-state index contributed by atoms with van der Waals surface area (Å²) in [5, 5.41) is 2.63. The Labute approximate surface area is 246 Å². The van der Waals surface area contributed by atoms with E-state index < -0.39 is 81.4 Å². The number of sulfonamides is 1. The van der Waals surface area contributed by atoms with E-state index in [4.69, 9.17) is 22.1 Å². The second-order valence-corrected chi connectivity index (χ2v) is 12.0. The Kier molecular flexibility index (Phi) is 7.20. The maximum absolute atomic E-state index is 13.8. The first-order chi connectivity index (χ1) is 21.5. The largest absolute Gasteiger partial charge is 0.480 e. The van der Waals surface area contributed by atoms with Crippen molar-refractivity contribution < 1.29 is 38.7 Å². The van der Waals surface area contributed by atoms with Gasteiger partial charge in [-0.05, 0) is 74.7 Å². The van der Waals surface area contributed by atoms with Gasteiger partial charge in [0.05, 0.1) is 24.8 Å². The number of rotatable bonds is 11. The highest BCUT2D eigenvalue weighted by Crippen LogP contribution is 2.40. The number of halogens is 1. The molecule has 1 fully saturated rings. The van der Waals surface area contributed by atoms with Gasteiger partial charge in [-0.25, -0.2) is 12.8 Å². The lowest BCUT2D eigenvalue weighted by Crippen LogP contribution is -2.64. The lowest BCUT2D eigenvalue weighted by Gasteiger charge is -2.48. The molecule has 0 spiro atoms. The van der Waals surface area contributed by atoms with Crippen molar-refractivity contribution in [2.24, 2.45) is 5.73 Å². The molecule has 0 bridgehead atoms. The lowest BCUT2D eigenvalue weighted by molar-refractivity contribution is -0.156. The van der Waals surface area contributed by atoms with E-state index in [2.05, 4.69) is 5.32 Å². The van der Waals surface area contributed by atoms with E-state index in [-0.39, 0.29) is 30.4 Å². The van der Waals surface area contributed by atoms with Crippen molar-refractivity contribution >= 4 is 21.9 Å². The maximum Gasteiger partial charge on any atom is 0.324 e. The molecule has 3 aromatic rings. The molecule has 11 heteroatoms. The highest BCUT2D eigenvalue weighted by Gasteiger charge is 2.52. The second kappa shape index (κ2) is 12.4. The number of hydrogen-bond acceptors (Lipinski definition) is 7. The lowest BCUT2D eigenvalue weighted by atomic mass is 9.87. The Morgan fingerprint density at radius 3 is 2.39 bits per heavy atom. The predicted molar refractivity (Wildman–Crippen MR) is 151 cm³/mol. The van der Waals surface area contributed by atoms with Crippen LogP contribution in [0.3, 0.4) is 0 Å². The first-order valence-electron chi connectivity index (χ1n) is 15.3. The number of para-hydroxylation sites is 1. The SMILES string of the molecule is [2H]c1c([2H])c([2H])c(OC2(c3ccc(F)cc3)CN(S(=O)(=O)c3cccc(C[C@H](N)C(=O)OC(C)C(=O)NC(C)C)c3)C2)c([2H])c1[2H]. The van der Waals surface area contributed by atoms with Gasteiger partial charge in [-0.2, -0.15) is 4.31 Å². The zero-order valence-electron chi connectivity index (χ0n) is 27.7. The Hall–Kier alpha value is -3.80. The van der Waals surface area contributed by atoms with Gasteiger partial charge in [-0.3, -0.25) is 9.59 Å². The number of esters is 1. The van der Waals surface area contributed by atoms with Crippen molar-refractivity contribution in [2.45, 2.75) is 55.9 Å². The minimum Gasteiger partial charge on any atom is -0.480 e. The highest BCUT2D eigenvalue weighted by molar-refractivity contribution is 7.89. The van der Waals surface area contributed by atoms with E-state index in [9.17, 15) is 22.4 Å². The summed E-state index contributed by atoms with van der Waals surface area (Å²) < 4.78 is 93.8. The van der Waals surface area contributed by atoms with Crippen LogP contribution in [0.1, 0.15) is 38.8 Å². The van der Waals surface area contributed by atoms with Crippen molar-refractivity contribution in [3.8, 4) is 5.75 Å². The summed E-state index contributed by atoms with van der Waals surface area (Å²) in [5.74, 6) is -2.34. The molecule has 9 nitrogen and oxygen atoms in total. The molecule has 1 amide bonds. The summed E-state index contributed by atoms with van der Waals surface area (Å²) in [6, 6.07) is 6.41. The van der Waals surface area contributed by atoms with Crippen LogP contribution in [0.25, 0.3) is 0 Å². The van der Waals surface area contributed by atoms with Crippen LogP contribution in [0, 0.1) is 5.82 Å². The fourth-order valence-corrected chi connectivity index (χ4v) is 5.88. The molecule has 1 heterocycles. The van der Waals surface area contributed by atoms with Crippen molar-refractivity contribution in [1.82, 2.24) is 9.62 Å². The van der Waals surface area contributed by atoms with Crippen molar-refractivity contribution in [3.63, 3.8) is 0 Å². The van der Waals surface area contributed by atoms with Gasteiger partial charge in [-0.1, -0.05) is 42.4 Å². The van der Waals surface area contributed by atoms with Crippen molar-refractivity contribution in [2.75, 3.05) is 13.1 Å². The highest BCUT2D eigenvalue weighted by atomic mass is 32.2. The van der Waals surface area contributed by atoms with Crippen LogP contribution in [0.4, 0.5) is 4.39 Å². The van der Waals surface area contributed by atoms with Crippen LogP contribution in [-0.2, 0) is 36.4 Å². The average molecular weight is 589 g/mol. The smallest absolute Gasteiger partial charge is 0.324 e. The third kappa shape index (κ3) is 7.10. The number of amides is 1. The van der Waals surface area contributed by atoms with E-state index in [1.165, 1.54) is 37.3 Å². The molecule has 1 unspecified atom stereocenters. The first kappa shape index (κ1) is 23.9. The Morgan fingerprint density at radius 2 is 1.76 bits per heavy atom. The van der Waals surface area contributed by atoms with Crippen LogP contribution in [0.15, 0.2) is 83.6 Å². The summed E-state index contributed by atoms with van der Waals surface area (Å²) >= 11 is 0. The van der Waals surface area contributed by atoms with Gasteiger partial charge in [0.1, 0.15) is 17.6 Å². The molecule has 3 N–H and O–H groups in total. The van der Waals surface area contributed by atoms with E-state index in [1.54, 1.807) is 19.9 Å². The molecule has 2 atom stereocenters. The maximum atomic E-state index is 13.8. The summed E-state index contributed by atoms with van der Waals surface area (Å²) in [6.45, 7) is 4.28. The van der Waals surface area contributed by atoms with Gasteiger partial charge in [0.25, 0.3) is 5.91 Å². The molecular formula is C30H34FN3O6S. The van der Waals surface area contributed by atoms with Crippen LogP contribution >= 0.6 is 0 Å². The van der Waals surface area contributed by atoms with Gasteiger partial charge < -0.3 is 20.5 Å². The monoisotopic (exact) mass is 588 g/mol. The van der Waals surface area contributed by atoms with Gasteiger partial charge in [0, 0.05) is 6.04 Å². The molecule has 0 aromatic heterocycles. The minimum atomic E-state index is -4.17. The Bertz CT molecular complexity index is 1730. The van der Waals surface area contributed by atoms with Gasteiger partial charge in [-0.15, -0.1) is 0 Å². The normalized spacial score (nSPS) is 18.0. The van der Waals surface area contributed by atoms with Crippen LogP contribution < -0.4 is 15.8 Å². The number of nitrogens with one attached hydrogen (secondary N) is 1. The molecule has 4 rings (SSSR count). The Balaban J connectivity index is 1.55. The van der Waals surface area contributed by atoms with Gasteiger partial charge in [0.2, 0.25) is 10.0 Å². The van der Waals surface area contributed by atoms with Gasteiger partial charge >= 0.3 is 5.97 Å². The molecule has 1 saturated heterocycles. The molecule has 41 heavy (non-hydrogen) atoms. The van der Waals surface area contributed by atoms with E-state index in [1.807, 2.05) is 0 Å². The van der Waals surface area contributed by atoms with E-state index >= 15 is 0 Å². The zero-order chi connectivity index (χ0) is 34.1. The number of nitrogens with two attached hydrogens (primary N) is 1. The number of nitrogens with zero attached hydrogens (tertiary/aromatic N) is 1. The molecule has 218 valence electrons. The molecular weight excluding hydrogens is 549 g/mol. The summed E-state index contributed by atoms with van der Waals surface area (Å²) in [6.07, 6.45) is -1.16. The fourth-order valence-electron chi connectivity index (χ4n) is 4.27. The van der Waals surface area contributed by atoms with Crippen molar-refractivity contribution in [1.29, 1.82) is 0 Å². The number of benzene rings is 3. The van der Waals surface area contributed by atoms with Crippen LogP contribution in [0.2, 0.25) is 0 Å². The summed E-state index contributed by atoms with van der Waals surface area (Å²) in [4.78, 5) is 24.5. The van der Waals surface area contributed by atoms with Crippen LogP contribution in [0.5, 0.6) is 5.75 Å². The summed E-state index contributed by atoms with van der Waals surface area (Å²) in [7, 11) is -4.17. The second-order valence-electron chi connectivity index (χ2n) is 10.0. The zero-order valence-corrected chi connectivity index (χ0v) is 23.5. The third-order valence-electron chi connectivity index (χ3n) is 6.40. The molecule has 3 aromatic carbocycles. The quantitative estimate of drug-likeness (QED) is 0.330.